The SMILES string of the molecule is CCCCCc1ccc(OC(F)(F)COc2ccc(CCC)c(F)c2F)cc1. The summed E-state index contributed by atoms with van der Waals surface area (Å²) in [5, 5.41) is 0. The maximum Gasteiger partial charge on any atom is 0.432 e. The molecule has 0 fully saturated rings. The lowest BCUT2D eigenvalue weighted by Gasteiger charge is -2.19. The van der Waals surface area contributed by atoms with Crippen LogP contribution in [0.5, 0.6) is 11.5 Å². The summed E-state index contributed by atoms with van der Waals surface area (Å²) in [4.78, 5) is 0. The average Bonchev–Trinajstić information content (AvgIpc) is 2.66. The molecule has 0 N–H and O–H groups in total. The molecule has 0 aliphatic rings. The van der Waals surface area contributed by atoms with E-state index in [0.29, 0.717) is 12.8 Å². The first-order valence-corrected chi connectivity index (χ1v) is 9.61. The van der Waals surface area contributed by atoms with E-state index in [1.54, 1.807) is 12.1 Å². The molecule has 0 atom stereocenters. The third-order valence-corrected chi connectivity index (χ3v) is 4.30. The van der Waals surface area contributed by atoms with Gasteiger partial charge in [-0.25, -0.2) is 4.39 Å². The van der Waals surface area contributed by atoms with Gasteiger partial charge in [0, 0.05) is 0 Å². The fourth-order valence-corrected chi connectivity index (χ4v) is 2.81. The van der Waals surface area contributed by atoms with Gasteiger partial charge in [-0.3, -0.25) is 0 Å². The highest BCUT2D eigenvalue weighted by molar-refractivity contribution is 5.31. The summed E-state index contributed by atoms with van der Waals surface area (Å²) in [5.41, 5.74) is 1.24. The molecule has 2 aromatic rings. The quantitative estimate of drug-likeness (QED) is 0.310. The number of benzene rings is 2. The molecule has 0 aliphatic heterocycles. The highest BCUT2D eigenvalue weighted by atomic mass is 19.3. The number of unbranched alkanes of at least 4 members (excludes halogenated alkanes) is 2. The molecule has 0 saturated carbocycles. The maximum absolute atomic E-state index is 14.0. The Morgan fingerprint density at radius 1 is 0.821 bits per heavy atom. The first kappa shape index (κ1) is 22.1. The predicted molar refractivity (Wildman–Crippen MR) is 101 cm³/mol. The largest absolute Gasteiger partial charge is 0.480 e. The van der Waals surface area contributed by atoms with Gasteiger partial charge in [-0.1, -0.05) is 51.3 Å². The van der Waals surface area contributed by atoms with Crippen molar-refractivity contribution in [1.82, 2.24) is 0 Å². The van der Waals surface area contributed by atoms with Gasteiger partial charge in [0.1, 0.15) is 5.75 Å². The number of ether oxygens (including phenoxy) is 2. The Morgan fingerprint density at radius 2 is 1.54 bits per heavy atom. The molecule has 2 rings (SSSR count). The van der Waals surface area contributed by atoms with Crippen LogP contribution in [0.25, 0.3) is 0 Å². The molecular formula is C22H26F4O2. The molecule has 154 valence electrons. The van der Waals surface area contributed by atoms with Crippen molar-refractivity contribution < 1.29 is 27.0 Å². The lowest BCUT2D eigenvalue weighted by molar-refractivity contribution is -0.195. The second kappa shape index (κ2) is 10.3. The number of alkyl halides is 2. The van der Waals surface area contributed by atoms with E-state index in [1.165, 1.54) is 18.2 Å². The zero-order chi connectivity index (χ0) is 20.6. The van der Waals surface area contributed by atoms with Crippen molar-refractivity contribution in [2.75, 3.05) is 6.61 Å². The fourth-order valence-electron chi connectivity index (χ4n) is 2.81. The van der Waals surface area contributed by atoms with Crippen molar-refractivity contribution in [2.24, 2.45) is 0 Å². The molecular weight excluding hydrogens is 372 g/mol. The van der Waals surface area contributed by atoms with Crippen LogP contribution in [0.2, 0.25) is 0 Å². The lowest BCUT2D eigenvalue weighted by Crippen LogP contribution is -2.32. The van der Waals surface area contributed by atoms with Gasteiger partial charge in [0.05, 0.1) is 0 Å². The van der Waals surface area contributed by atoms with Crippen LogP contribution in [0.1, 0.15) is 50.7 Å². The second-order valence-corrected chi connectivity index (χ2v) is 6.73. The van der Waals surface area contributed by atoms with Gasteiger partial charge in [0.25, 0.3) is 0 Å². The molecule has 0 radical (unpaired) electrons. The third kappa shape index (κ3) is 6.43. The Morgan fingerprint density at radius 3 is 2.18 bits per heavy atom. The molecule has 0 spiro atoms. The zero-order valence-electron chi connectivity index (χ0n) is 16.2. The van der Waals surface area contributed by atoms with Gasteiger partial charge in [-0.05, 0) is 48.6 Å². The minimum Gasteiger partial charge on any atom is -0.480 e. The molecule has 0 aliphatic carbocycles. The summed E-state index contributed by atoms with van der Waals surface area (Å²) in [6, 6.07) is 8.91. The Hall–Kier alpha value is -2.24. The maximum atomic E-state index is 14.0. The molecule has 0 saturated heterocycles. The van der Waals surface area contributed by atoms with Gasteiger partial charge in [-0.15, -0.1) is 0 Å². The normalized spacial score (nSPS) is 11.5. The van der Waals surface area contributed by atoms with E-state index < -0.39 is 30.1 Å². The van der Waals surface area contributed by atoms with Gasteiger partial charge in [0.15, 0.2) is 18.2 Å². The molecule has 0 heterocycles. The van der Waals surface area contributed by atoms with Crippen LogP contribution in [-0.4, -0.2) is 12.7 Å². The molecule has 2 aromatic carbocycles. The monoisotopic (exact) mass is 398 g/mol. The van der Waals surface area contributed by atoms with Crippen molar-refractivity contribution in [3.05, 3.63) is 59.2 Å². The van der Waals surface area contributed by atoms with Crippen LogP contribution in [0.3, 0.4) is 0 Å². The van der Waals surface area contributed by atoms with Crippen LogP contribution in [-0.2, 0) is 12.8 Å². The van der Waals surface area contributed by atoms with Gasteiger partial charge in [-0.2, -0.15) is 13.2 Å². The van der Waals surface area contributed by atoms with E-state index in [2.05, 4.69) is 11.7 Å². The third-order valence-electron chi connectivity index (χ3n) is 4.30. The van der Waals surface area contributed by atoms with Crippen molar-refractivity contribution in [1.29, 1.82) is 0 Å². The summed E-state index contributed by atoms with van der Waals surface area (Å²) in [6.07, 6.45) is 1.46. The van der Waals surface area contributed by atoms with Gasteiger partial charge in [0.2, 0.25) is 5.82 Å². The molecule has 0 bridgehead atoms. The lowest BCUT2D eigenvalue weighted by atomic mass is 10.1. The van der Waals surface area contributed by atoms with E-state index in [0.717, 1.165) is 37.3 Å². The summed E-state index contributed by atoms with van der Waals surface area (Å²) in [6.45, 7) is 2.72. The zero-order valence-corrected chi connectivity index (χ0v) is 16.2. The van der Waals surface area contributed by atoms with Crippen LogP contribution in [0.15, 0.2) is 36.4 Å². The molecule has 28 heavy (non-hydrogen) atoms. The van der Waals surface area contributed by atoms with E-state index >= 15 is 0 Å². The molecule has 0 aromatic heterocycles. The van der Waals surface area contributed by atoms with Crippen LogP contribution in [0.4, 0.5) is 17.6 Å². The minimum absolute atomic E-state index is 0.0159. The minimum atomic E-state index is -3.69. The molecule has 0 amide bonds. The Kier molecular flexibility index (Phi) is 8.15. The fraction of sp³-hybridized carbons (Fsp3) is 0.455. The summed E-state index contributed by atoms with van der Waals surface area (Å²) < 4.78 is 65.3. The molecule has 2 nitrogen and oxygen atoms in total. The first-order chi connectivity index (χ1) is 13.4. The van der Waals surface area contributed by atoms with Crippen LogP contribution >= 0.6 is 0 Å². The average molecular weight is 398 g/mol. The van der Waals surface area contributed by atoms with E-state index in [-0.39, 0.29) is 11.3 Å². The second-order valence-electron chi connectivity index (χ2n) is 6.73. The Balaban J connectivity index is 1.94. The number of hydrogen-bond acceptors (Lipinski definition) is 2. The van der Waals surface area contributed by atoms with Crippen molar-refractivity contribution >= 4 is 0 Å². The van der Waals surface area contributed by atoms with E-state index in [4.69, 9.17) is 4.74 Å². The highest BCUT2D eigenvalue weighted by Gasteiger charge is 2.33. The van der Waals surface area contributed by atoms with E-state index in [1.807, 2.05) is 6.92 Å². The smallest absolute Gasteiger partial charge is 0.432 e. The summed E-state index contributed by atoms with van der Waals surface area (Å²) >= 11 is 0. The topological polar surface area (TPSA) is 18.5 Å². The number of aryl methyl sites for hydroxylation is 2. The molecule has 0 unspecified atom stereocenters. The van der Waals surface area contributed by atoms with Crippen molar-refractivity contribution in [2.45, 2.75) is 58.5 Å². The first-order valence-electron chi connectivity index (χ1n) is 9.61. The van der Waals surface area contributed by atoms with Gasteiger partial charge < -0.3 is 9.47 Å². The van der Waals surface area contributed by atoms with Crippen LogP contribution < -0.4 is 9.47 Å². The summed E-state index contributed by atoms with van der Waals surface area (Å²) in [5.74, 6) is -2.91. The predicted octanol–water partition coefficient (Wildman–Crippen LogP) is 6.70. The Bertz CT molecular complexity index is 745. The van der Waals surface area contributed by atoms with Crippen LogP contribution in [0, 0.1) is 11.6 Å². The number of halogens is 4. The van der Waals surface area contributed by atoms with Crippen molar-refractivity contribution in [3.63, 3.8) is 0 Å². The molecule has 6 heteroatoms. The number of rotatable bonds is 11. The van der Waals surface area contributed by atoms with Gasteiger partial charge >= 0.3 is 6.11 Å². The highest BCUT2D eigenvalue weighted by Crippen LogP contribution is 2.27. The number of hydrogen-bond donors (Lipinski definition) is 0. The van der Waals surface area contributed by atoms with E-state index in [9.17, 15) is 17.6 Å². The standard InChI is InChI=1S/C22H26F4O2/c1-3-5-6-8-16-9-12-18(13-10-16)28-22(25,26)15-27-19-14-11-17(7-4-2)20(23)21(19)24/h9-14H,3-8,15H2,1-2H3. The Labute approximate surface area is 163 Å². The summed E-state index contributed by atoms with van der Waals surface area (Å²) in [7, 11) is 0. The van der Waals surface area contributed by atoms with Crippen molar-refractivity contribution in [3.8, 4) is 11.5 Å².